The van der Waals surface area contributed by atoms with Crippen molar-refractivity contribution in [1.82, 2.24) is 9.80 Å². The Balaban J connectivity index is 1.42. The number of nitrogens with zero attached hydrogens (tertiary/aromatic N) is 2. The zero-order chi connectivity index (χ0) is 22.5. The van der Waals surface area contributed by atoms with E-state index in [1.54, 1.807) is 31.4 Å². The van der Waals surface area contributed by atoms with Crippen molar-refractivity contribution in [2.75, 3.05) is 38.6 Å². The van der Waals surface area contributed by atoms with Gasteiger partial charge in [0, 0.05) is 42.5 Å². The quantitative estimate of drug-likeness (QED) is 0.705. The van der Waals surface area contributed by atoms with E-state index >= 15 is 0 Å². The molecule has 2 aromatic rings. The molecular formula is C25H30ClN3O3. The average Bonchev–Trinajstić information content (AvgIpc) is 3.34. The van der Waals surface area contributed by atoms with Gasteiger partial charge in [-0.1, -0.05) is 30.5 Å². The summed E-state index contributed by atoms with van der Waals surface area (Å²) >= 11 is 6.05. The van der Waals surface area contributed by atoms with Gasteiger partial charge in [0.2, 0.25) is 5.91 Å². The molecule has 2 amide bonds. The molecule has 2 aromatic carbocycles. The molecule has 1 heterocycles. The molecule has 1 saturated heterocycles. The Hall–Kier alpha value is -2.57. The number of carbonyl (C=O) groups is 2. The van der Waals surface area contributed by atoms with Crippen molar-refractivity contribution in [3.05, 3.63) is 59.1 Å². The molecule has 2 aliphatic rings. The SMILES string of the molecule is COc1ccc(NC(=O)C(C2CCCC2)N2CCN(C(=O)c3cccc(Cl)c3)CC2)cc1. The van der Waals surface area contributed by atoms with Crippen LogP contribution in [-0.2, 0) is 4.79 Å². The first-order valence-corrected chi connectivity index (χ1v) is 11.7. The summed E-state index contributed by atoms with van der Waals surface area (Å²) in [6.45, 7) is 2.57. The van der Waals surface area contributed by atoms with Gasteiger partial charge < -0.3 is 15.0 Å². The standard InChI is InChI=1S/C25H30ClN3O3/c1-32-22-11-9-21(10-12-22)27-24(30)23(18-5-2-3-6-18)28-13-15-29(16-14-28)25(31)19-7-4-8-20(26)17-19/h4,7-12,17-18,23H,2-3,5-6,13-16H2,1H3,(H,27,30). The number of nitrogens with one attached hydrogen (secondary N) is 1. The molecule has 0 spiro atoms. The lowest BCUT2D eigenvalue weighted by atomic mass is 9.94. The Morgan fingerprint density at radius 2 is 1.72 bits per heavy atom. The molecule has 32 heavy (non-hydrogen) atoms. The molecule has 170 valence electrons. The molecule has 2 fully saturated rings. The van der Waals surface area contributed by atoms with Gasteiger partial charge in [-0.2, -0.15) is 0 Å². The number of methoxy groups -OCH3 is 1. The molecule has 4 rings (SSSR count). The smallest absolute Gasteiger partial charge is 0.253 e. The van der Waals surface area contributed by atoms with E-state index in [-0.39, 0.29) is 17.9 Å². The summed E-state index contributed by atoms with van der Waals surface area (Å²) in [5.41, 5.74) is 1.38. The van der Waals surface area contributed by atoms with Crippen LogP contribution in [0.4, 0.5) is 5.69 Å². The van der Waals surface area contributed by atoms with Gasteiger partial charge >= 0.3 is 0 Å². The number of piperazine rings is 1. The van der Waals surface area contributed by atoms with E-state index in [0.717, 1.165) is 24.3 Å². The van der Waals surface area contributed by atoms with Crippen molar-refractivity contribution < 1.29 is 14.3 Å². The van der Waals surface area contributed by atoms with Gasteiger partial charge in [-0.25, -0.2) is 0 Å². The molecule has 1 unspecified atom stereocenters. The second-order valence-electron chi connectivity index (χ2n) is 8.55. The molecule has 1 atom stereocenters. The first kappa shape index (κ1) is 22.6. The fraction of sp³-hybridized carbons (Fsp3) is 0.440. The predicted octanol–water partition coefficient (Wildman–Crippen LogP) is 4.30. The molecule has 6 nitrogen and oxygen atoms in total. The second kappa shape index (κ2) is 10.4. The fourth-order valence-corrected chi connectivity index (χ4v) is 5.04. The Labute approximate surface area is 194 Å². The number of amides is 2. The molecule has 0 aromatic heterocycles. The third-order valence-corrected chi connectivity index (χ3v) is 6.77. The van der Waals surface area contributed by atoms with E-state index in [2.05, 4.69) is 10.2 Å². The number of ether oxygens (including phenoxy) is 1. The van der Waals surface area contributed by atoms with E-state index < -0.39 is 0 Å². The number of carbonyl (C=O) groups excluding carboxylic acids is 2. The summed E-state index contributed by atoms with van der Waals surface area (Å²) in [5.74, 6) is 1.14. The number of anilines is 1. The molecular weight excluding hydrogens is 426 g/mol. The zero-order valence-corrected chi connectivity index (χ0v) is 19.2. The maximum Gasteiger partial charge on any atom is 0.253 e. The minimum atomic E-state index is -0.178. The van der Waals surface area contributed by atoms with Gasteiger partial charge in [0.25, 0.3) is 5.91 Å². The monoisotopic (exact) mass is 455 g/mol. The van der Waals surface area contributed by atoms with Crippen molar-refractivity contribution in [2.24, 2.45) is 5.92 Å². The Kier molecular flexibility index (Phi) is 7.33. The topological polar surface area (TPSA) is 61.9 Å². The van der Waals surface area contributed by atoms with Crippen LogP contribution < -0.4 is 10.1 Å². The highest BCUT2D eigenvalue weighted by atomic mass is 35.5. The summed E-state index contributed by atoms with van der Waals surface area (Å²) in [4.78, 5) is 30.3. The van der Waals surface area contributed by atoms with E-state index in [0.29, 0.717) is 42.7 Å². The maximum absolute atomic E-state index is 13.3. The van der Waals surface area contributed by atoms with Crippen LogP contribution in [0.15, 0.2) is 48.5 Å². The Bertz CT molecular complexity index is 936. The van der Waals surface area contributed by atoms with Crippen LogP contribution in [0.5, 0.6) is 5.75 Å². The van der Waals surface area contributed by atoms with Gasteiger partial charge in [0.05, 0.1) is 13.2 Å². The number of hydrogen-bond donors (Lipinski definition) is 1. The molecule has 1 N–H and O–H groups in total. The van der Waals surface area contributed by atoms with Gasteiger partial charge in [-0.3, -0.25) is 14.5 Å². The summed E-state index contributed by atoms with van der Waals surface area (Å²) < 4.78 is 5.21. The van der Waals surface area contributed by atoms with Crippen molar-refractivity contribution >= 4 is 29.1 Å². The number of hydrogen-bond acceptors (Lipinski definition) is 4. The van der Waals surface area contributed by atoms with Crippen molar-refractivity contribution in [1.29, 1.82) is 0 Å². The molecule has 0 radical (unpaired) electrons. The van der Waals surface area contributed by atoms with Crippen LogP contribution in [0.25, 0.3) is 0 Å². The Morgan fingerprint density at radius 3 is 2.34 bits per heavy atom. The number of halogens is 1. The van der Waals surface area contributed by atoms with Crippen LogP contribution in [-0.4, -0.2) is 60.9 Å². The predicted molar refractivity (Wildman–Crippen MR) is 126 cm³/mol. The van der Waals surface area contributed by atoms with E-state index in [4.69, 9.17) is 16.3 Å². The molecule has 0 bridgehead atoms. The third kappa shape index (κ3) is 5.25. The minimum absolute atomic E-state index is 0.00718. The normalized spacial score (nSPS) is 18.4. The van der Waals surface area contributed by atoms with Crippen LogP contribution in [0.1, 0.15) is 36.0 Å². The van der Waals surface area contributed by atoms with Crippen LogP contribution >= 0.6 is 11.6 Å². The van der Waals surface area contributed by atoms with Gasteiger partial charge in [-0.05, 0) is 61.2 Å². The highest BCUT2D eigenvalue weighted by Crippen LogP contribution is 2.32. The number of benzene rings is 2. The van der Waals surface area contributed by atoms with Gasteiger partial charge in [0.15, 0.2) is 0 Å². The molecule has 1 saturated carbocycles. The largest absolute Gasteiger partial charge is 0.497 e. The van der Waals surface area contributed by atoms with Crippen LogP contribution in [0.3, 0.4) is 0 Å². The average molecular weight is 456 g/mol. The minimum Gasteiger partial charge on any atom is -0.497 e. The van der Waals surface area contributed by atoms with E-state index in [9.17, 15) is 9.59 Å². The lowest BCUT2D eigenvalue weighted by molar-refractivity contribution is -0.123. The zero-order valence-electron chi connectivity index (χ0n) is 18.4. The Morgan fingerprint density at radius 1 is 1.03 bits per heavy atom. The van der Waals surface area contributed by atoms with Crippen molar-refractivity contribution in [2.45, 2.75) is 31.7 Å². The summed E-state index contributed by atoms with van der Waals surface area (Å²) in [6.07, 6.45) is 4.49. The molecule has 7 heteroatoms. The highest BCUT2D eigenvalue weighted by molar-refractivity contribution is 6.30. The van der Waals surface area contributed by atoms with Crippen molar-refractivity contribution in [3.8, 4) is 5.75 Å². The van der Waals surface area contributed by atoms with Crippen molar-refractivity contribution in [3.63, 3.8) is 0 Å². The number of rotatable bonds is 6. The van der Waals surface area contributed by atoms with Crippen LogP contribution in [0.2, 0.25) is 5.02 Å². The summed E-state index contributed by atoms with van der Waals surface area (Å²) in [7, 11) is 1.63. The lowest BCUT2D eigenvalue weighted by Crippen LogP contribution is -2.56. The first-order valence-electron chi connectivity index (χ1n) is 11.3. The van der Waals surface area contributed by atoms with Crippen LogP contribution in [0, 0.1) is 5.92 Å². The summed E-state index contributed by atoms with van der Waals surface area (Å²) in [5, 5.41) is 3.66. The van der Waals surface area contributed by atoms with E-state index in [1.807, 2.05) is 29.2 Å². The second-order valence-corrected chi connectivity index (χ2v) is 8.98. The van der Waals surface area contributed by atoms with Gasteiger partial charge in [0.1, 0.15) is 5.75 Å². The summed E-state index contributed by atoms with van der Waals surface area (Å²) in [6, 6.07) is 14.3. The highest BCUT2D eigenvalue weighted by Gasteiger charge is 2.37. The maximum atomic E-state index is 13.3. The first-order chi connectivity index (χ1) is 15.5. The molecule has 1 aliphatic carbocycles. The molecule has 1 aliphatic heterocycles. The lowest BCUT2D eigenvalue weighted by Gasteiger charge is -2.40. The van der Waals surface area contributed by atoms with E-state index in [1.165, 1.54) is 12.8 Å². The fourth-order valence-electron chi connectivity index (χ4n) is 4.85. The third-order valence-electron chi connectivity index (χ3n) is 6.54. The van der Waals surface area contributed by atoms with Gasteiger partial charge in [-0.15, -0.1) is 0 Å².